The summed E-state index contributed by atoms with van der Waals surface area (Å²) in [5.74, 6) is 0.231. The number of anilines is 1. The summed E-state index contributed by atoms with van der Waals surface area (Å²) in [6.07, 6.45) is 11.5. The van der Waals surface area contributed by atoms with Crippen molar-refractivity contribution in [2.45, 2.75) is 100 Å². The number of Topliss-reactive ketones (excluding diaryl/α,β-unsaturated/α-hetero) is 1. The lowest BCUT2D eigenvalue weighted by atomic mass is 9.82. The van der Waals surface area contributed by atoms with Crippen LogP contribution in [0.4, 0.5) is 5.69 Å². The van der Waals surface area contributed by atoms with Crippen molar-refractivity contribution in [2.24, 2.45) is 16.1 Å². The molecular weight excluding hydrogens is 482 g/mol. The standard InChI is InChI=1S/C15H21NO2S.C14H20N4/c1-11(2)15(17)14-10-16(8-9-18-14)12-4-6-13(19-3)7-5-12;15-11-13(7-3-1-4-8-13)17-18-14(12-16)9-5-2-6-10-14/h4-7,11,14H,8-10H2,1-3H3;1-10H2. The van der Waals surface area contributed by atoms with Crippen LogP contribution in [0.15, 0.2) is 39.4 Å². The van der Waals surface area contributed by atoms with Gasteiger partial charge in [-0.15, -0.1) is 11.8 Å². The first-order valence-corrected chi connectivity index (χ1v) is 14.9. The molecule has 1 aliphatic heterocycles. The van der Waals surface area contributed by atoms with Crippen molar-refractivity contribution in [3.8, 4) is 12.1 Å². The van der Waals surface area contributed by atoms with Crippen LogP contribution in [0.2, 0.25) is 0 Å². The van der Waals surface area contributed by atoms with Gasteiger partial charge in [0.1, 0.15) is 6.10 Å². The Morgan fingerprint density at radius 2 is 1.49 bits per heavy atom. The van der Waals surface area contributed by atoms with E-state index in [-0.39, 0.29) is 17.8 Å². The van der Waals surface area contributed by atoms with E-state index in [4.69, 9.17) is 4.74 Å². The maximum atomic E-state index is 12.0. The van der Waals surface area contributed by atoms with Gasteiger partial charge in [-0.3, -0.25) is 4.79 Å². The van der Waals surface area contributed by atoms with E-state index in [1.54, 1.807) is 11.8 Å². The minimum atomic E-state index is -0.639. The minimum absolute atomic E-state index is 0.0313. The van der Waals surface area contributed by atoms with Crippen molar-refractivity contribution in [1.29, 1.82) is 10.5 Å². The molecule has 3 aliphatic rings. The van der Waals surface area contributed by atoms with Crippen LogP contribution in [-0.4, -0.2) is 48.9 Å². The lowest BCUT2D eigenvalue weighted by Gasteiger charge is -2.34. The van der Waals surface area contributed by atoms with E-state index < -0.39 is 11.1 Å². The Balaban J connectivity index is 0.000000206. The van der Waals surface area contributed by atoms with Gasteiger partial charge in [-0.2, -0.15) is 20.8 Å². The number of carbonyl (C=O) groups excluding carboxylic acids is 1. The Labute approximate surface area is 226 Å². The van der Waals surface area contributed by atoms with Gasteiger partial charge < -0.3 is 9.64 Å². The number of morpholine rings is 1. The highest BCUT2D eigenvalue weighted by Gasteiger charge is 2.36. The molecule has 1 saturated heterocycles. The Kier molecular flexibility index (Phi) is 11.0. The van der Waals surface area contributed by atoms with Gasteiger partial charge in [0.25, 0.3) is 0 Å². The van der Waals surface area contributed by atoms with Gasteiger partial charge in [0, 0.05) is 23.0 Å². The summed E-state index contributed by atoms with van der Waals surface area (Å²) in [5, 5.41) is 27.4. The zero-order valence-corrected chi connectivity index (χ0v) is 23.4. The molecule has 200 valence electrons. The monoisotopic (exact) mass is 523 g/mol. The number of ketones is 1. The molecule has 0 aromatic heterocycles. The SMILES string of the molecule is CSc1ccc(N2CCOC(C(=O)C(C)C)C2)cc1.N#CC1(N=NC2(C#N)CCCCC2)CCCCC1. The third kappa shape index (κ3) is 8.03. The Bertz CT molecular complexity index is 945. The van der Waals surface area contributed by atoms with Crippen LogP contribution in [0.25, 0.3) is 0 Å². The molecule has 1 unspecified atom stereocenters. The van der Waals surface area contributed by atoms with Crippen LogP contribution in [-0.2, 0) is 9.53 Å². The number of hydrogen-bond acceptors (Lipinski definition) is 8. The molecule has 2 aliphatic carbocycles. The van der Waals surface area contributed by atoms with E-state index >= 15 is 0 Å². The fraction of sp³-hybridized carbons (Fsp3) is 0.690. The van der Waals surface area contributed by atoms with Gasteiger partial charge in [-0.05, 0) is 81.9 Å². The highest BCUT2D eigenvalue weighted by atomic mass is 32.2. The van der Waals surface area contributed by atoms with Crippen LogP contribution >= 0.6 is 11.8 Å². The Hall–Kier alpha value is -2.42. The summed E-state index contributed by atoms with van der Waals surface area (Å²) in [7, 11) is 0. The molecule has 0 N–H and O–H groups in total. The molecule has 0 amide bonds. The number of nitrogens with zero attached hydrogens (tertiary/aromatic N) is 5. The topological polar surface area (TPSA) is 102 Å². The van der Waals surface area contributed by atoms with E-state index in [1.165, 1.54) is 23.4 Å². The summed E-state index contributed by atoms with van der Waals surface area (Å²) in [5.41, 5.74) is -0.110. The van der Waals surface area contributed by atoms with Crippen LogP contribution in [0.5, 0.6) is 0 Å². The predicted molar refractivity (Wildman–Crippen MR) is 148 cm³/mol. The van der Waals surface area contributed by atoms with E-state index in [2.05, 4.69) is 57.8 Å². The lowest BCUT2D eigenvalue weighted by Crippen LogP contribution is -2.47. The summed E-state index contributed by atoms with van der Waals surface area (Å²) < 4.78 is 5.60. The number of nitriles is 2. The first-order chi connectivity index (χ1) is 17.9. The van der Waals surface area contributed by atoms with Gasteiger partial charge in [-0.1, -0.05) is 26.7 Å². The molecule has 3 fully saturated rings. The normalized spacial score (nSPS) is 23.0. The molecule has 0 spiro atoms. The molecule has 2 saturated carbocycles. The maximum absolute atomic E-state index is 12.0. The van der Waals surface area contributed by atoms with E-state index in [0.717, 1.165) is 57.9 Å². The molecule has 1 atom stereocenters. The molecule has 1 aromatic rings. The van der Waals surface area contributed by atoms with Crippen molar-refractivity contribution in [2.75, 3.05) is 30.9 Å². The predicted octanol–water partition coefficient (Wildman–Crippen LogP) is 6.73. The third-order valence-electron chi connectivity index (χ3n) is 7.60. The smallest absolute Gasteiger partial charge is 0.167 e. The van der Waals surface area contributed by atoms with Crippen molar-refractivity contribution in [1.82, 2.24) is 0 Å². The number of hydrogen-bond donors (Lipinski definition) is 0. The van der Waals surface area contributed by atoms with Crippen molar-refractivity contribution < 1.29 is 9.53 Å². The minimum Gasteiger partial charge on any atom is -0.367 e. The second-order valence-corrected chi connectivity index (χ2v) is 11.5. The first kappa shape index (κ1) is 29.1. The third-order valence-corrected chi connectivity index (χ3v) is 8.34. The van der Waals surface area contributed by atoms with Crippen molar-refractivity contribution in [3.05, 3.63) is 24.3 Å². The Morgan fingerprint density at radius 3 is 1.92 bits per heavy atom. The Morgan fingerprint density at radius 1 is 0.973 bits per heavy atom. The van der Waals surface area contributed by atoms with Crippen LogP contribution < -0.4 is 4.90 Å². The van der Waals surface area contributed by atoms with Gasteiger partial charge in [-0.25, -0.2) is 0 Å². The fourth-order valence-electron chi connectivity index (χ4n) is 5.15. The maximum Gasteiger partial charge on any atom is 0.167 e. The quantitative estimate of drug-likeness (QED) is 0.302. The van der Waals surface area contributed by atoms with E-state index in [1.807, 2.05) is 13.8 Å². The lowest BCUT2D eigenvalue weighted by molar-refractivity contribution is -0.134. The highest BCUT2D eigenvalue weighted by molar-refractivity contribution is 7.98. The number of azo groups is 1. The van der Waals surface area contributed by atoms with Crippen molar-refractivity contribution >= 4 is 23.2 Å². The van der Waals surface area contributed by atoms with E-state index in [9.17, 15) is 15.3 Å². The summed E-state index contributed by atoms with van der Waals surface area (Å²) in [6.45, 7) is 5.99. The van der Waals surface area contributed by atoms with Crippen LogP contribution in [0.1, 0.15) is 78.1 Å². The molecule has 0 radical (unpaired) electrons. The highest BCUT2D eigenvalue weighted by Crippen LogP contribution is 2.36. The number of rotatable bonds is 6. The number of thioether (sulfide) groups is 1. The fourth-order valence-corrected chi connectivity index (χ4v) is 5.56. The molecule has 37 heavy (non-hydrogen) atoms. The molecular formula is C29H41N5O2S. The summed E-state index contributed by atoms with van der Waals surface area (Å²) in [6, 6.07) is 13.1. The second kappa shape index (κ2) is 13.9. The number of carbonyl (C=O) groups is 1. The van der Waals surface area contributed by atoms with Crippen LogP contribution in [0.3, 0.4) is 0 Å². The van der Waals surface area contributed by atoms with Gasteiger partial charge in [0.05, 0.1) is 25.3 Å². The largest absolute Gasteiger partial charge is 0.367 e. The van der Waals surface area contributed by atoms with Crippen molar-refractivity contribution in [3.63, 3.8) is 0 Å². The number of ether oxygens (including phenoxy) is 1. The zero-order valence-electron chi connectivity index (χ0n) is 22.6. The van der Waals surface area contributed by atoms with E-state index in [0.29, 0.717) is 13.2 Å². The zero-order chi connectivity index (χ0) is 26.7. The molecule has 1 aromatic carbocycles. The van der Waals surface area contributed by atoms with Gasteiger partial charge in [0.15, 0.2) is 16.9 Å². The number of benzene rings is 1. The second-order valence-electron chi connectivity index (χ2n) is 10.7. The average Bonchev–Trinajstić information content (AvgIpc) is 2.97. The average molecular weight is 524 g/mol. The van der Waals surface area contributed by atoms with Gasteiger partial charge >= 0.3 is 0 Å². The molecule has 0 bridgehead atoms. The summed E-state index contributed by atoms with van der Waals surface area (Å²) >= 11 is 1.74. The van der Waals surface area contributed by atoms with Crippen LogP contribution in [0, 0.1) is 28.6 Å². The molecule has 1 heterocycles. The molecule has 4 rings (SSSR count). The molecule has 7 nitrogen and oxygen atoms in total. The molecule has 8 heteroatoms. The van der Waals surface area contributed by atoms with Gasteiger partial charge in [0.2, 0.25) is 0 Å². The first-order valence-electron chi connectivity index (χ1n) is 13.7. The summed E-state index contributed by atoms with van der Waals surface area (Å²) in [4.78, 5) is 15.5.